The van der Waals surface area contributed by atoms with E-state index in [9.17, 15) is 4.79 Å². The Bertz CT molecular complexity index is 859. The maximum atomic E-state index is 12.1. The van der Waals surface area contributed by atoms with Crippen LogP contribution >= 0.6 is 23.2 Å². The molecule has 0 saturated carbocycles. The molecule has 0 aliphatic carbocycles. The first kappa shape index (κ1) is 23.7. The first-order chi connectivity index (χ1) is 15.0. The van der Waals surface area contributed by atoms with Gasteiger partial charge < -0.3 is 19.5 Å². The average molecular weight is 467 g/mol. The molecule has 6 nitrogen and oxygen atoms in total. The van der Waals surface area contributed by atoms with Crippen LogP contribution < -0.4 is 14.8 Å². The van der Waals surface area contributed by atoms with E-state index in [-0.39, 0.29) is 12.5 Å². The molecule has 1 N–H and O–H groups in total. The van der Waals surface area contributed by atoms with E-state index in [4.69, 9.17) is 37.4 Å². The summed E-state index contributed by atoms with van der Waals surface area (Å²) in [6.07, 6.45) is 2.14. The standard InChI is InChI=1S/C23H28Cl2N2O4/c1-27(18-7-10-29-11-8-18)9-12-30-19-4-2-3-17(13-19)15-26-23(28)16-31-20-5-6-21(24)22(25)14-20/h2-6,13-14,18H,7-12,15-16H2,1H3,(H,26,28). The number of carbonyl (C=O) groups excluding carboxylic acids is 1. The zero-order valence-corrected chi connectivity index (χ0v) is 19.1. The van der Waals surface area contributed by atoms with E-state index < -0.39 is 0 Å². The molecule has 1 amide bonds. The van der Waals surface area contributed by atoms with Crippen molar-refractivity contribution >= 4 is 29.1 Å². The third-order valence-electron chi connectivity index (χ3n) is 5.18. The number of nitrogens with zero attached hydrogens (tertiary/aromatic N) is 1. The minimum absolute atomic E-state index is 0.104. The van der Waals surface area contributed by atoms with E-state index in [1.54, 1.807) is 18.2 Å². The van der Waals surface area contributed by atoms with E-state index in [0.29, 0.717) is 35.0 Å². The molecule has 1 heterocycles. The Morgan fingerprint density at radius 1 is 1.10 bits per heavy atom. The first-order valence-corrected chi connectivity index (χ1v) is 11.1. The minimum Gasteiger partial charge on any atom is -0.492 e. The van der Waals surface area contributed by atoms with Crippen LogP contribution in [0.4, 0.5) is 0 Å². The zero-order valence-electron chi connectivity index (χ0n) is 17.6. The van der Waals surface area contributed by atoms with Gasteiger partial charge in [0.15, 0.2) is 6.61 Å². The Morgan fingerprint density at radius 3 is 2.65 bits per heavy atom. The lowest BCUT2D eigenvalue weighted by Gasteiger charge is -2.31. The van der Waals surface area contributed by atoms with Gasteiger partial charge in [-0.15, -0.1) is 0 Å². The second-order valence-corrected chi connectivity index (χ2v) is 8.28. The Morgan fingerprint density at radius 2 is 1.87 bits per heavy atom. The summed E-state index contributed by atoms with van der Waals surface area (Å²) in [7, 11) is 2.13. The average Bonchev–Trinajstić information content (AvgIpc) is 2.79. The van der Waals surface area contributed by atoms with Crippen molar-refractivity contribution in [3.63, 3.8) is 0 Å². The fraction of sp³-hybridized carbons (Fsp3) is 0.435. The van der Waals surface area contributed by atoms with Crippen molar-refractivity contribution in [3.05, 3.63) is 58.1 Å². The van der Waals surface area contributed by atoms with Crippen LogP contribution in [0, 0.1) is 0 Å². The molecule has 1 aliphatic rings. The van der Waals surface area contributed by atoms with Crippen molar-refractivity contribution in [2.24, 2.45) is 0 Å². The van der Waals surface area contributed by atoms with Gasteiger partial charge in [-0.3, -0.25) is 9.69 Å². The summed E-state index contributed by atoms with van der Waals surface area (Å²) in [5.74, 6) is 1.06. The second kappa shape index (κ2) is 12.2. The van der Waals surface area contributed by atoms with Gasteiger partial charge in [0, 0.05) is 38.4 Å². The summed E-state index contributed by atoms with van der Waals surface area (Å²) in [5.41, 5.74) is 0.957. The van der Waals surface area contributed by atoms with Gasteiger partial charge in [0.1, 0.15) is 18.1 Å². The molecule has 31 heavy (non-hydrogen) atoms. The Hall–Kier alpha value is -1.99. The molecule has 8 heteroatoms. The molecule has 1 saturated heterocycles. The molecule has 0 aromatic heterocycles. The zero-order chi connectivity index (χ0) is 22.1. The Labute approximate surface area is 193 Å². The molecular formula is C23H28Cl2N2O4. The summed E-state index contributed by atoms with van der Waals surface area (Å²) >= 11 is 11.8. The Balaban J connectivity index is 1.38. The van der Waals surface area contributed by atoms with Crippen LogP contribution in [0.25, 0.3) is 0 Å². The van der Waals surface area contributed by atoms with Gasteiger partial charge in [-0.05, 0) is 49.7 Å². The van der Waals surface area contributed by atoms with Crippen LogP contribution in [0.1, 0.15) is 18.4 Å². The van der Waals surface area contributed by atoms with Gasteiger partial charge in [0.2, 0.25) is 0 Å². The van der Waals surface area contributed by atoms with Crippen molar-refractivity contribution < 1.29 is 19.0 Å². The quantitative estimate of drug-likeness (QED) is 0.568. The van der Waals surface area contributed by atoms with E-state index in [2.05, 4.69) is 17.3 Å². The van der Waals surface area contributed by atoms with Gasteiger partial charge in [-0.25, -0.2) is 0 Å². The summed E-state index contributed by atoms with van der Waals surface area (Å²) in [6.45, 7) is 3.43. The van der Waals surface area contributed by atoms with Crippen LogP contribution in [-0.4, -0.2) is 56.9 Å². The summed E-state index contributed by atoms with van der Waals surface area (Å²) in [6, 6.07) is 13.2. The third-order valence-corrected chi connectivity index (χ3v) is 5.92. The van der Waals surface area contributed by atoms with Crippen LogP contribution in [0.5, 0.6) is 11.5 Å². The molecule has 3 rings (SSSR count). The van der Waals surface area contributed by atoms with E-state index >= 15 is 0 Å². The summed E-state index contributed by atoms with van der Waals surface area (Å²) < 4.78 is 16.8. The molecule has 1 fully saturated rings. The first-order valence-electron chi connectivity index (χ1n) is 10.4. The highest BCUT2D eigenvalue weighted by molar-refractivity contribution is 6.42. The summed E-state index contributed by atoms with van der Waals surface area (Å²) in [4.78, 5) is 14.4. The molecule has 0 spiro atoms. The monoisotopic (exact) mass is 466 g/mol. The second-order valence-electron chi connectivity index (χ2n) is 7.46. The van der Waals surface area contributed by atoms with Gasteiger partial charge in [0.05, 0.1) is 10.0 Å². The van der Waals surface area contributed by atoms with Crippen LogP contribution in [-0.2, 0) is 16.1 Å². The number of hydrogen-bond acceptors (Lipinski definition) is 5. The fourth-order valence-corrected chi connectivity index (χ4v) is 3.62. The number of hydrogen-bond donors (Lipinski definition) is 1. The molecule has 1 aliphatic heterocycles. The molecule has 0 bridgehead atoms. The highest BCUT2D eigenvalue weighted by Crippen LogP contribution is 2.26. The lowest BCUT2D eigenvalue weighted by molar-refractivity contribution is -0.123. The fourth-order valence-electron chi connectivity index (χ4n) is 3.33. The number of carbonyl (C=O) groups is 1. The summed E-state index contributed by atoms with van der Waals surface area (Å²) in [5, 5.41) is 3.67. The number of nitrogens with one attached hydrogen (secondary N) is 1. The minimum atomic E-state index is -0.226. The maximum absolute atomic E-state index is 12.1. The highest BCUT2D eigenvalue weighted by Gasteiger charge is 2.18. The van der Waals surface area contributed by atoms with Crippen molar-refractivity contribution in [2.75, 3.05) is 40.0 Å². The number of rotatable bonds is 10. The third kappa shape index (κ3) is 7.89. The lowest BCUT2D eigenvalue weighted by Crippen LogP contribution is -2.38. The smallest absolute Gasteiger partial charge is 0.258 e. The van der Waals surface area contributed by atoms with Crippen LogP contribution in [0.2, 0.25) is 10.0 Å². The predicted molar refractivity (Wildman–Crippen MR) is 122 cm³/mol. The highest BCUT2D eigenvalue weighted by atomic mass is 35.5. The number of benzene rings is 2. The molecule has 0 radical (unpaired) electrons. The maximum Gasteiger partial charge on any atom is 0.258 e. The number of likely N-dealkylation sites (N-methyl/N-ethyl adjacent to an activating group) is 1. The SMILES string of the molecule is CN(CCOc1cccc(CNC(=O)COc2ccc(Cl)c(Cl)c2)c1)C1CCOCC1. The van der Waals surface area contributed by atoms with Gasteiger partial charge in [-0.1, -0.05) is 35.3 Å². The van der Waals surface area contributed by atoms with Crippen LogP contribution in [0.15, 0.2) is 42.5 Å². The van der Waals surface area contributed by atoms with E-state index in [1.807, 2.05) is 24.3 Å². The van der Waals surface area contributed by atoms with Crippen molar-refractivity contribution in [2.45, 2.75) is 25.4 Å². The topological polar surface area (TPSA) is 60.0 Å². The van der Waals surface area contributed by atoms with Gasteiger partial charge >= 0.3 is 0 Å². The molecule has 0 unspecified atom stereocenters. The molecule has 0 atom stereocenters. The van der Waals surface area contributed by atoms with Crippen LogP contribution in [0.3, 0.4) is 0 Å². The lowest BCUT2D eigenvalue weighted by atomic mass is 10.1. The van der Waals surface area contributed by atoms with Gasteiger partial charge in [0.25, 0.3) is 5.91 Å². The van der Waals surface area contributed by atoms with E-state index in [0.717, 1.165) is 43.9 Å². The molecule has 2 aromatic rings. The largest absolute Gasteiger partial charge is 0.492 e. The number of amides is 1. The van der Waals surface area contributed by atoms with Gasteiger partial charge in [-0.2, -0.15) is 0 Å². The van der Waals surface area contributed by atoms with Crippen molar-refractivity contribution in [3.8, 4) is 11.5 Å². The van der Waals surface area contributed by atoms with Crippen molar-refractivity contribution in [1.82, 2.24) is 10.2 Å². The molecule has 168 valence electrons. The molecular weight excluding hydrogens is 439 g/mol. The predicted octanol–water partition coefficient (Wildman–Crippen LogP) is 4.18. The normalized spacial score (nSPS) is 14.5. The van der Waals surface area contributed by atoms with E-state index in [1.165, 1.54) is 0 Å². The van der Waals surface area contributed by atoms with Crippen molar-refractivity contribution in [1.29, 1.82) is 0 Å². The number of halogens is 2. The molecule has 2 aromatic carbocycles. The Kier molecular flexibility index (Phi) is 9.28. The number of ether oxygens (including phenoxy) is 3.